The average molecular weight is 320 g/mol. The third-order valence-corrected chi connectivity index (χ3v) is 3.75. The highest BCUT2D eigenvalue weighted by atomic mass is 19.1. The average Bonchev–Trinajstić information content (AvgIpc) is 3.13. The molecule has 5 nitrogen and oxygen atoms in total. The molecule has 0 unspecified atom stereocenters. The van der Waals surface area contributed by atoms with Crippen LogP contribution in [0, 0.1) is 5.82 Å². The van der Waals surface area contributed by atoms with Crippen LogP contribution < -0.4 is 5.32 Å². The second-order valence-corrected chi connectivity index (χ2v) is 5.23. The molecule has 0 radical (unpaired) electrons. The Morgan fingerprint density at radius 3 is 2.83 bits per heavy atom. The van der Waals surface area contributed by atoms with Gasteiger partial charge in [0, 0.05) is 30.1 Å². The summed E-state index contributed by atoms with van der Waals surface area (Å²) in [5.41, 5.74) is 2.98. The van der Waals surface area contributed by atoms with Gasteiger partial charge in [0.25, 0.3) is 0 Å². The highest BCUT2D eigenvalue weighted by molar-refractivity contribution is 5.81. The van der Waals surface area contributed by atoms with Crippen molar-refractivity contribution < 1.29 is 8.81 Å². The van der Waals surface area contributed by atoms with Gasteiger partial charge in [0.05, 0.1) is 17.3 Å². The van der Waals surface area contributed by atoms with E-state index in [1.54, 1.807) is 24.5 Å². The lowest BCUT2D eigenvalue weighted by Gasteiger charge is -2.10. The molecule has 1 aromatic carbocycles. The first kappa shape index (κ1) is 14.3. The molecular weight excluding hydrogens is 307 g/mol. The summed E-state index contributed by atoms with van der Waals surface area (Å²) in [6, 6.07) is 12.2. The van der Waals surface area contributed by atoms with E-state index >= 15 is 0 Å². The predicted molar refractivity (Wildman–Crippen MR) is 88.8 cm³/mol. The van der Waals surface area contributed by atoms with Crippen LogP contribution in [0.5, 0.6) is 0 Å². The Hall–Kier alpha value is -3.28. The molecular formula is C18H13FN4O. The van der Waals surface area contributed by atoms with Crippen molar-refractivity contribution in [2.24, 2.45) is 0 Å². The number of fused-ring (bicyclic) bond motifs is 1. The molecule has 1 N–H and O–H groups in total. The quantitative estimate of drug-likeness (QED) is 0.615. The van der Waals surface area contributed by atoms with Gasteiger partial charge in [-0.2, -0.15) is 10.2 Å². The van der Waals surface area contributed by atoms with Crippen molar-refractivity contribution in [1.82, 2.24) is 15.2 Å². The molecule has 0 aliphatic carbocycles. The molecule has 0 bridgehead atoms. The number of nitrogens with zero attached hydrogens (tertiary/aromatic N) is 3. The third kappa shape index (κ3) is 2.58. The molecule has 0 aliphatic rings. The van der Waals surface area contributed by atoms with Crippen LogP contribution in [0.1, 0.15) is 5.56 Å². The minimum atomic E-state index is -0.291. The zero-order valence-electron chi connectivity index (χ0n) is 12.6. The van der Waals surface area contributed by atoms with Crippen molar-refractivity contribution in [3.05, 3.63) is 72.5 Å². The van der Waals surface area contributed by atoms with Gasteiger partial charge < -0.3 is 9.73 Å². The Kier molecular flexibility index (Phi) is 3.63. The zero-order valence-corrected chi connectivity index (χ0v) is 12.6. The van der Waals surface area contributed by atoms with Crippen LogP contribution in [0.15, 0.2) is 65.5 Å². The molecule has 3 aromatic heterocycles. The van der Waals surface area contributed by atoms with Crippen molar-refractivity contribution in [3.8, 4) is 11.3 Å². The van der Waals surface area contributed by atoms with Gasteiger partial charge in [0.1, 0.15) is 17.2 Å². The number of rotatable bonds is 4. The second kappa shape index (κ2) is 6.08. The number of aromatic nitrogens is 3. The van der Waals surface area contributed by atoms with E-state index in [2.05, 4.69) is 20.5 Å². The summed E-state index contributed by atoms with van der Waals surface area (Å²) in [7, 11) is 0. The number of furan rings is 1. The highest BCUT2D eigenvalue weighted by Crippen LogP contribution is 2.26. The van der Waals surface area contributed by atoms with Gasteiger partial charge in [-0.15, -0.1) is 0 Å². The van der Waals surface area contributed by atoms with E-state index in [0.29, 0.717) is 23.3 Å². The van der Waals surface area contributed by atoms with Crippen LogP contribution in [0.2, 0.25) is 0 Å². The normalized spacial score (nSPS) is 10.9. The van der Waals surface area contributed by atoms with Crippen molar-refractivity contribution in [2.45, 2.75) is 6.54 Å². The van der Waals surface area contributed by atoms with Crippen LogP contribution in [-0.2, 0) is 6.54 Å². The Balaban J connectivity index is 1.65. The number of anilines is 1. The number of nitrogens with one attached hydrogen (secondary N) is 1. The fourth-order valence-corrected chi connectivity index (χ4v) is 2.60. The Morgan fingerprint density at radius 2 is 1.96 bits per heavy atom. The number of pyridine rings is 1. The Morgan fingerprint density at radius 1 is 1.04 bits per heavy atom. The Labute approximate surface area is 137 Å². The molecule has 0 saturated carbocycles. The van der Waals surface area contributed by atoms with Crippen molar-refractivity contribution in [1.29, 1.82) is 0 Å². The summed E-state index contributed by atoms with van der Waals surface area (Å²) < 4.78 is 19.2. The molecule has 3 heterocycles. The number of hydrogen-bond donors (Lipinski definition) is 1. The van der Waals surface area contributed by atoms with E-state index < -0.39 is 0 Å². The molecule has 6 heteroatoms. The maximum Gasteiger partial charge on any atom is 0.141 e. The first-order valence-electron chi connectivity index (χ1n) is 7.44. The summed E-state index contributed by atoms with van der Waals surface area (Å²) in [6.07, 6.45) is 4.82. The van der Waals surface area contributed by atoms with E-state index in [4.69, 9.17) is 4.42 Å². The lowest BCUT2D eigenvalue weighted by molar-refractivity contribution is 0.606. The van der Waals surface area contributed by atoms with Gasteiger partial charge in [0.2, 0.25) is 0 Å². The van der Waals surface area contributed by atoms with Crippen LogP contribution in [0.3, 0.4) is 0 Å². The summed E-state index contributed by atoms with van der Waals surface area (Å²) >= 11 is 0. The zero-order chi connectivity index (χ0) is 16.4. The smallest absolute Gasteiger partial charge is 0.141 e. The standard InChI is InChI=1S/C18H13FN4O/c19-15-6-5-12(17-13(15)7-10-24-17)11-21-18-14(3-1-8-20-18)16-4-2-9-22-23-16/h1-10H,11H2,(H,20,21). The van der Waals surface area contributed by atoms with Crippen molar-refractivity contribution in [2.75, 3.05) is 5.32 Å². The van der Waals surface area contributed by atoms with Crippen LogP contribution in [0.25, 0.3) is 22.2 Å². The van der Waals surface area contributed by atoms with E-state index in [1.165, 1.54) is 12.3 Å². The lowest BCUT2D eigenvalue weighted by atomic mass is 10.1. The fourth-order valence-electron chi connectivity index (χ4n) is 2.60. The summed E-state index contributed by atoms with van der Waals surface area (Å²) in [5, 5.41) is 11.8. The molecule has 0 aliphatic heterocycles. The first-order chi connectivity index (χ1) is 11.8. The topological polar surface area (TPSA) is 63.8 Å². The molecule has 0 saturated heterocycles. The molecule has 0 spiro atoms. The van der Waals surface area contributed by atoms with Crippen LogP contribution in [0.4, 0.5) is 10.2 Å². The molecule has 0 fully saturated rings. The minimum Gasteiger partial charge on any atom is -0.464 e. The molecule has 4 aromatic rings. The van der Waals surface area contributed by atoms with Crippen molar-refractivity contribution in [3.63, 3.8) is 0 Å². The van der Waals surface area contributed by atoms with E-state index in [1.807, 2.05) is 24.3 Å². The monoisotopic (exact) mass is 320 g/mol. The van der Waals surface area contributed by atoms with Gasteiger partial charge in [0.15, 0.2) is 0 Å². The van der Waals surface area contributed by atoms with Gasteiger partial charge in [-0.05, 0) is 36.4 Å². The number of benzene rings is 1. The fraction of sp³-hybridized carbons (Fsp3) is 0.0556. The largest absolute Gasteiger partial charge is 0.464 e. The van der Waals surface area contributed by atoms with Crippen LogP contribution in [-0.4, -0.2) is 15.2 Å². The maximum absolute atomic E-state index is 13.7. The van der Waals surface area contributed by atoms with Gasteiger partial charge in [-0.3, -0.25) is 0 Å². The second-order valence-electron chi connectivity index (χ2n) is 5.23. The van der Waals surface area contributed by atoms with Gasteiger partial charge >= 0.3 is 0 Å². The van der Waals surface area contributed by atoms with Gasteiger partial charge in [-0.25, -0.2) is 9.37 Å². The summed E-state index contributed by atoms with van der Waals surface area (Å²) in [5.74, 6) is 0.391. The molecule has 4 rings (SSSR count). The van der Waals surface area contributed by atoms with Crippen LogP contribution >= 0.6 is 0 Å². The van der Waals surface area contributed by atoms with Gasteiger partial charge in [-0.1, -0.05) is 6.07 Å². The molecule has 0 amide bonds. The number of halogens is 1. The third-order valence-electron chi connectivity index (χ3n) is 3.75. The molecule has 0 atom stereocenters. The Bertz CT molecular complexity index is 985. The minimum absolute atomic E-state index is 0.291. The highest BCUT2D eigenvalue weighted by Gasteiger charge is 2.11. The predicted octanol–water partition coefficient (Wildman–Crippen LogP) is 4.04. The lowest BCUT2D eigenvalue weighted by Crippen LogP contribution is -2.04. The molecule has 118 valence electrons. The van der Waals surface area contributed by atoms with E-state index in [9.17, 15) is 4.39 Å². The maximum atomic E-state index is 13.7. The SMILES string of the molecule is Fc1ccc(CNc2ncccc2-c2cccnn2)c2occc12. The summed E-state index contributed by atoms with van der Waals surface area (Å²) in [4.78, 5) is 4.37. The summed E-state index contributed by atoms with van der Waals surface area (Å²) in [6.45, 7) is 0.453. The first-order valence-corrected chi connectivity index (χ1v) is 7.44. The number of hydrogen-bond acceptors (Lipinski definition) is 5. The van der Waals surface area contributed by atoms with E-state index in [0.717, 1.165) is 16.8 Å². The molecule has 24 heavy (non-hydrogen) atoms. The van der Waals surface area contributed by atoms with Crippen molar-refractivity contribution >= 4 is 16.8 Å². The van der Waals surface area contributed by atoms with E-state index in [-0.39, 0.29) is 5.82 Å².